The summed E-state index contributed by atoms with van der Waals surface area (Å²) in [6, 6.07) is 5.79. The number of ether oxygens (including phenoxy) is 2. The number of aryl methyl sites for hydroxylation is 1. The van der Waals surface area contributed by atoms with Crippen LogP contribution in [0.1, 0.15) is 47.3 Å². The molecule has 1 saturated heterocycles. The van der Waals surface area contributed by atoms with Crippen molar-refractivity contribution in [1.82, 2.24) is 14.7 Å². The van der Waals surface area contributed by atoms with Gasteiger partial charge in [0.1, 0.15) is 0 Å². The molecule has 7 nitrogen and oxygen atoms in total. The largest absolute Gasteiger partial charge is 0.454 e. The highest BCUT2D eigenvalue weighted by molar-refractivity contribution is 5.95. The first-order valence-corrected chi connectivity index (χ1v) is 9.47. The molecule has 1 aromatic carbocycles. The maximum Gasteiger partial charge on any atom is 0.257 e. The van der Waals surface area contributed by atoms with Gasteiger partial charge in [-0.2, -0.15) is 5.10 Å². The molecule has 27 heavy (non-hydrogen) atoms. The topological polar surface area (TPSA) is 76.8 Å². The first-order valence-electron chi connectivity index (χ1n) is 9.47. The lowest BCUT2D eigenvalue weighted by Crippen LogP contribution is -2.45. The van der Waals surface area contributed by atoms with Gasteiger partial charge in [0.2, 0.25) is 6.79 Å². The molecule has 2 aromatic rings. The lowest BCUT2D eigenvalue weighted by molar-refractivity contribution is 0.0381. The summed E-state index contributed by atoms with van der Waals surface area (Å²) in [5.74, 6) is 1.38. The first-order chi connectivity index (χ1) is 13.1. The fraction of sp³-hybridized carbons (Fsp3) is 0.500. The molecule has 0 saturated carbocycles. The Morgan fingerprint density at radius 1 is 1.33 bits per heavy atom. The van der Waals surface area contributed by atoms with Gasteiger partial charge in [0.15, 0.2) is 11.5 Å². The zero-order valence-electron chi connectivity index (χ0n) is 15.7. The van der Waals surface area contributed by atoms with Crippen LogP contribution in [0.4, 0.5) is 0 Å². The van der Waals surface area contributed by atoms with Gasteiger partial charge in [0, 0.05) is 31.2 Å². The highest BCUT2D eigenvalue weighted by atomic mass is 16.7. The molecule has 0 radical (unpaired) electrons. The van der Waals surface area contributed by atoms with E-state index in [2.05, 4.69) is 12.0 Å². The van der Waals surface area contributed by atoms with E-state index in [4.69, 9.17) is 9.47 Å². The Hall–Kier alpha value is -2.54. The summed E-state index contributed by atoms with van der Waals surface area (Å²) in [5.41, 5.74) is 2.53. The van der Waals surface area contributed by atoms with E-state index in [0.717, 1.165) is 35.7 Å². The number of carbonyl (C=O) groups is 1. The van der Waals surface area contributed by atoms with Gasteiger partial charge in [-0.25, -0.2) is 0 Å². The summed E-state index contributed by atoms with van der Waals surface area (Å²) < 4.78 is 12.7. The lowest BCUT2D eigenvalue weighted by Gasteiger charge is -2.36. The minimum absolute atomic E-state index is 0.0209. The van der Waals surface area contributed by atoms with Crippen molar-refractivity contribution < 1.29 is 19.4 Å². The zero-order valence-corrected chi connectivity index (χ0v) is 15.7. The fourth-order valence-corrected chi connectivity index (χ4v) is 3.91. The van der Waals surface area contributed by atoms with Gasteiger partial charge in [-0.05, 0) is 37.5 Å². The highest BCUT2D eigenvalue weighted by Gasteiger charge is 2.33. The van der Waals surface area contributed by atoms with E-state index in [1.165, 1.54) is 0 Å². The second-order valence-corrected chi connectivity index (χ2v) is 7.19. The number of benzene rings is 1. The number of likely N-dealkylation sites (tertiary alicyclic amines) is 1. The molecule has 0 unspecified atom stereocenters. The van der Waals surface area contributed by atoms with Crippen molar-refractivity contribution in [3.8, 4) is 11.5 Å². The van der Waals surface area contributed by atoms with Crippen LogP contribution in [0.2, 0.25) is 0 Å². The molecule has 2 aliphatic rings. The molecule has 1 fully saturated rings. The Balaban J connectivity index is 1.46. The lowest BCUT2D eigenvalue weighted by atomic mass is 9.86. The van der Waals surface area contributed by atoms with E-state index in [1.54, 1.807) is 11.1 Å². The molecule has 0 bridgehead atoms. The Kier molecular flexibility index (Phi) is 4.78. The summed E-state index contributed by atoms with van der Waals surface area (Å²) in [5, 5.41) is 15.0. The Morgan fingerprint density at radius 2 is 2.15 bits per heavy atom. The van der Waals surface area contributed by atoms with E-state index in [1.807, 2.05) is 29.8 Å². The molecule has 2 aliphatic heterocycles. The van der Waals surface area contributed by atoms with Gasteiger partial charge < -0.3 is 19.5 Å². The average Bonchev–Trinajstić information content (AvgIpc) is 3.28. The van der Waals surface area contributed by atoms with Crippen LogP contribution in [0.15, 0.2) is 24.4 Å². The molecule has 1 amide bonds. The van der Waals surface area contributed by atoms with Gasteiger partial charge in [-0.3, -0.25) is 9.48 Å². The van der Waals surface area contributed by atoms with Gasteiger partial charge >= 0.3 is 0 Å². The van der Waals surface area contributed by atoms with Crippen molar-refractivity contribution in [3.63, 3.8) is 0 Å². The number of aliphatic hydroxyl groups excluding tert-OH is 1. The number of amides is 1. The summed E-state index contributed by atoms with van der Waals surface area (Å²) >= 11 is 0. The quantitative estimate of drug-likeness (QED) is 0.893. The van der Waals surface area contributed by atoms with Crippen molar-refractivity contribution in [1.29, 1.82) is 0 Å². The van der Waals surface area contributed by atoms with Crippen LogP contribution in [-0.2, 0) is 6.54 Å². The van der Waals surface area contributed by atoms with Crippen molar-refractivity contribution in [2.45, 2.75) is 45.3 Å². The summed E-state index contributed by atoms with van der Waals surface area (Å²) in [6.45, 7) is 5.96. The van der Waals surface area contributed by atoms with Crippen LogP contribution in [0, 0.1) is 6.92 Å². The number of aromatic nitrogens is 2. The Labute approximate surface area is 158 Å². The number of aliphatic hydroxyl groups is 1. The predicted octanol–water partition coefficient (Wildman–Crippen LogP) is 2.32. The smallest absolute Gasteiger partial charge is 0.257 e. The van der Waals surface area contributed by atoms with E-state index >= 15 is 0 Å². The minimum atomic E-state index is -0.617. The SMILES string of the molecule is CCCn1ncc(C(=O)N2CC[C@@H](c3ccc4c(c3)OCO4)[C@H](O)C2)c1C. The number of nitrogens with zero attached hydrogens (tertiary/aromatic N) is 3. The van der Waals surface area contributed by atoms with Gasteiger partial charge in [0.05, 0.1) is 17.9 Å². The van der Waals surface area contributed by atoms with E-state index in [0.29, 0.717) is 25.1 Å². The van der Waals surface area contributed by atoms with Crippen LogP contribution in [0.5, 0.6) is 11.5 Å². The number of piperidine rings is 1. The van der Waals surface area contributed by atoms with E-state index < -0.39 is 6.10 Å². The summed E-state index contributed by atoms with van der Waals surface area (Å²) in [7, 11) is 0. The number of carbonyl (C=O) groups excluding carboxylic acids is 1. The predicted molar refractivity (Wildman–Crippen MR) is 99.1 cm³/mol. The molecule has 3 heterocycles. The van der Waals surface area contributed by atoms with Crippen LogP contribution >= 0.6 is 0 Å². The molecule has 2 atom stereocenters. The third-order valence-electron chi connectivity index (χ3n) is 5.46. The monoisotopic (exact) mass is 371 g/mol. The molecule has 4 rings (SSSR count). The second-order valence-electron chi connectivity index (χ2n) is 7.19. The van der Waals surface area contributed by atoms with Crippen LogP contribution in [-0.4, -0.2) is 51.7 Å². The van der Waals surface area contributed by atoms with Crippen molar-refractivity contribution >= 4 is 5.91 Å². The Morgan fingerprint density at radius 3 is 2.93 bits per heavy atom. The molecule has 144 valence electrons. The number of β-amino-alcohol motifs (C(OH)–C–C–N with tert-alkyl or cyclic N) is 1. The van der Waals surface area contributed by atoms with Crippen molar-refractivity contribution in [3.05, 3.63) is 41.2 Å². The maximum absolute atomic E-state index is 12.9. The zero-order chi connectivity index (χ0) is 19.0. The summed E-state index contributed by atoms with van der Waals surface area (Å²) in [6.07, 6.45) is 2.70. The molecule has 7 heteroatoms. The number of fused-ring (bicyclic) bond motifs is 1. The number of hydrogen-bond donors (Lipinski definition) is 1. The standard InChI is InChI=1S/C20H25N3O4/c1-3-7-23-13(2)16(10-21-23)20(25)22-8-6-15(17(24)11-22)14-4-5-18-19(9-14)27-12-26-18/h4-5,9-10,15,17,24H,3,6-8,11-12H2,1-2H3/t15-,17+/m0/s1. The number of rotatable bonds is 4. The molecule has 0 aliphatic carbocycles. The van der Waals surface area contributed by atoms with Crippen LogP contribution < -0.4 is 9.47 Å². The molecular formula is C20H25N3O4. The van der Waals surface area contributed by atoms with Crippen molar-refractivity contribution in [2.75, 3.05) is 19.9 Å². The molecule has 0 spiro atoms. The van der Waals surface area contributed by atoms with E-state index in [-0.39, 0.29) is 18.6 Å². The summed E-state index contributed by atoms with van der Waals surface area (Å²) in [4.78, 5) is 14.6. The third-order valence-corrected chi connectivity index (χ3v) is 5.46. The third kappa shape index (κ3) is 3.27. The van der Waals surface area contributed by atoms with Gasteiger partial charge in [-0.1, -0.05) is 13.0 Å². The normalized spacial score (nSPS) is 21.5. The molecule has 1 aromatic heterocycles. The second kappa shape index (κ2) is 7.23. The van der Waals surface area contributed by atoms with Crippen LogP contribution in [0.3, 0.4) is 0 Å². The minimum Gasteiger partial charge on any atom is -0.454 e. The molecule has 1 N–H and O–H groups in total. The van der Waals surface area contributed by atoms with E-state index in [9.17, 15) is 9.90 Å². The fourth-order valence-electron chi connectivity index (χ4n) is 3.91. The maximum atomic E-state index is 12.9. The number of hydrogen-bond acceptors (Lipinski definition) is 5. The Bertz CT molecular complexity index is 848. The van der Waals surface area contributed by atoms with Crippen molar-refractivity contribution in [2.24, 2.45) is 0 Å². The van der Waals surface area contributed by atoms with Gasteiger partial charge in [-0.15, -0.1) is 0 Å². The average molecular weight is 371 g/mol. The first kappa shape index (κ1) is 17.9. The van der Waals surface area contributed by atoms with Gasteiger partial charge in [0.25, 0.3) is 5.91 Å². The van der Waals surface area contributed by atoms with Crippen LogP contribution in [0.25, 0.3) is 0 Å². The molecular weight excluding hydrogens is 346 g/mol. The highest BCUT2D eigenvalue weighted by Crippen LogP contribution is 2.37.